The first-order valence-electron chi connectivity index (χ1n) is 6.77. The highest BCUT2D eigenvalue weighted by Crippen LogP contribution is 2.33. The Hall–Kier alpha value is -2.76. The number of carbonyl (C=O) groups is 2. The second kappa shape index (κ2) is 6.80. The molecule has 0 unspecified atom stereocenters. The lowest BCUT2D eigenvalue weighted by Gasteiger charge is -2.28. The number of carbonyl (C=O) groups excluding carboxylic acids is 2. The van der Waals surface area contributed by atoms with Gasteiger partial charge in [-0.25, -0.2) is 9.59 Å². The molecule has 1 aliphatic rings. The molecule has 6 nitrogen and oxygen atoms in total. The lowest BCUT2D eigenvalue weighted by atomic mass is 9.95. The monoisotopic (exact) mass is 302 g/mol. The maximum atomic E-state index is 12.3. The van der Waals surface area contributed by atoms with Gasteiger partial charge in [-0.2, -0.15) is 0 Å². The van der Waals surface area contributed by atoms with Crippen molar-refractivity contribution >= 4 is 12.0 Å². The molecule has 0 fully saturated rings. The summed E-state index contributed by atoms with van der Waals surface area (Å²) < 4.78 is 10.4. The Morgan fingerprint density at radius 2 is 2.14 bits per heavy atom. The summed E-state index contributed by atoms with van der Waals surface area (Å²) in [6.07, 6.45) is 1.49. The SMILES string of the molecule is C=CCOC(=O)C1=C(C)NC(=O)N[C@H]1c1ccccc1OC. The van der Waals surface area contributed by atoms with Gasteiger partial charge in [0.2, 0.25) is 0 Å². The molecular weight excluding hydrogens is 284 g/mol. The van der Waals surface area contributed by atoms with Crippen LogP contribution >= 0.6 is 0 Å². The number of methoxy groups -OCH3 is 1. The Kier molecular flexibility index (Phi) is 4.83. The van der Waals surface area contributed by atoms with E-state index in [2.05, 4.69) is 17.2 Å². The molecule has 1 aromatic carbocycles. The van der Waals surface area contributed by atoms with E-state index in [9.17, 15) is 9.59 Å². The molecule has 0 aliphatic carbocycles. The lowest BCUT2D eigenvalue weighted by molar-refractivity contribution is -0.138. The predicted molar refractivity (Wildman–Crippen MR) is 81.3 cm³/mol. The molecule has 1 aliphatic heterocycles. The first-order chi connectivity index (χ1) is 10.6. The summed E-state index contributed by atoms with van der Waals surface area (Å²) in [5.41, 5.74) is 1.48. The van der Waals surface area contributed by atoms with Crippen LogP contribution in [0.5, 0.6) is 5.75 Å². The van der Waals surface area contributed by atoms with Crippen LogP contribution in [0.25, 0.3) is 0 Å². The van der Waals surface area contributed by atoms with E-state index < -0.39 is 12.0 Å². The largest absolute Gasteiger partial charge is 0.496 e. The van der Waals surface area contributed by atoms with Gasteiger partial charge in [-0.3, -0.25) is 0 Å². The zero-order valence-electron chi connectivity index (χ0n) is 12.5. The Bertz CT molecular complexity index is 637. The van der Waals surface area contributed by atoms with Crippen LogP contribution in [0.1, 0.15) is 18.5 Å². The van der Waals surface area contributed by atoms with Crippen molar-refractivity contribution in [3.63, 3.8) is 0 Å². The van der Waals surface area contributed by atoms with Crippen LogP contribution in [0.3, 0.4) is 0 Å². The summed E-state index contributed by atoms with van der Waals surface area (Å²) >= 11 is 0. The van der Waals surface area contributed by atoms with E-state index >= 15 is 0 Å². The van der Waals surface area contributed by atoms with Crippen LogP contribution < -0.4 is 15.4 Å². The quantitative estimate of drug-likeness (QED) is 0.644. The van der Waals surface area contributed by atoms with Gasteiger partial charge in [0.05, 0.1) is 18.7 Å². The maximum absolute atomic E-state index is 12.3. The van der Waals surface area contributed by atoms with Crippen molar-refractivity contribution < 1.29 is 19.1 Å². The van der Waals surface area contributed by atoms with Crippen LogP contribution in [0, 0.1) is 0 Å². The van der Waals surface area contributed by atoms with Crippen molar-refractivity contribution in [1.29, 1.82) is 0 Å². The van der Waals surface area contributed by atoms with Crippen LogP contribution in [0.15, 0.2) is 48.2 Å². The molecule has 1 atom stereocenters. The molecule has 1 aromatic rings. The van der Waals surface area contributed by atoms with Gasteiger partial charge in [-0.15, -0.1) is 0 Å². The van der Waals surface area contributed by atoms with Crippen molar-refractivity contribution in [2.75, 3.05) is 13.7 Å². The average molecular weight is 302 g/mol. The lowest BCUT2D eigenvalue weighted by Crippen LogP contribution is -2.45. The van der Waals surface area contributed by atoms with Crippen molar-refractivity contribution in [3.05, 3.63) is 53.8 Å². The molecule has 22 heavy (non-hydrogen) atoms. The van der Waals surface area contributed by atoms with Crippen LogP contribution in [0.2, 0.25) is 0 Å². The third kappa shape index (κ3) is 3.11. The fraction of sp³-hybridized carbons (Fsp3) is 0.250. The van der Waals surface area contributed by atoms with Gasteiger partial charge in [-0.05, 0) is 13.0 Å². The first-order valence-corrected chi connectivity index (χ1v) is 6.77. The standard InChI is InChI=1S/C16H18N2O4/c1-4-9-22-15(19)13-10(2)17-16(20)18-14(13)11-7-5-6-8-12(11)21-3/h4-8,14H,1,9H2,2-3H3,(H2,17,18,20)/t14-/m0/s1. The van der Waals surface area contributed by atoms with E-state index in [-0.39, 0.29) is 12.6 Å². The predicted octanol–water partition coefficient (Wildman–Crippen LogP) is 2.05. The minimum Gasteiger partial charge on any atom is -0.496 e. The molecule has 1 heterocycles. The number of esters is 1. The van der Waals surface area contributed by atoms with Gasteiger partial charge in [0.1, 0.15) is 12.4 Å². The summed E-state index contributed by atoms with van der Waals surface area (Å²) in [5.74, 6) is 0.0670. The number of hydrogen-bond acceptors (Lipinski definition) is 4. The number of nitrogens with one attached hydrogen (secondary N) is 2. The molecule has 0 spiro atoms. The second-order valence-electron chi connectivity index (χ2n) is 4.70. The Labute approximate surface area is 128 Å². The normalized spacial score (nSPS) is 17.4. The molecule has 0 radical (unpaired) electrons. The van der Waals surface area contributed by atoms with E-state index in [4.69, 9.17) is 9.47 Å². The third-order valence-corrected chi connectivity index (χ3v) is 3.27. The Morgan fingerprint density at radius 3 is 2.82 bits per heavy atom. The van der Waals surface area contributed by atoms with Gasteiger partial charge in [0.25, 0.3) is 0 Å². The molecule has 116 valence electrons. The summed E-state index contributed by atoms with van der Waals surface area (Å²) in [5, 5.41) is 5.32. The number of allylic oxidation sites excluding steroid dienone is 1. The smallest absolute Gasteiger partial charge is 0.338 e. The van der Waals surface area contributed by atoms with Gasteiger partial charge in [0.15, 0.2) is 0 Å². The highest BCUT2D eigenvalue weighted by Gasteiger charge is 2.33. The Morgan fingerprint density at radius 1 is 1.41 bits per heavy atom. The summed E-state index contributed by atoms with van der Waals surface area (Å²) in [7, 11) is 1.54. The number of ether oxygens (including phenoxy) is 2. The average Bonchev–Trinajstić information content (AvgIpc) is 2.51. The van der Waals surface area contributed by atoms with E-state index in [1.165, 1.54) is 13.2 Å². The Balaban J connectivity index is 2.45. The van der Waals surface area contributed by atoms with Crippen LogP contribution in [-0.2, 0) is 9.53 Å². The number of benzene rings is 1. The van der Waals surface area contributed by atoms with Crippen molar-refractivity contribution in [3.8, 4) is 5.75 Å². The molecule has 2 amide bonds. The highest BCUT2D eigenvalue weighted by molar-refractivity contribution is 5.95. The van der Waals surface area contributed by atoms with Crippen molar-refractivity contribution in [2.45, 2.75) is 13.0 Å². The van der Waals surface area contributed by atoms with Gasteiger partial charge >= 0.3 is 12.0 Å². The van der Waals surface area contributed by atoms with E-state index in [1.54, 1.807) is 19.1 Å². The van der Waals surface area contributed by atoms with Crippen molar-refractivity contribution in [2.24, 2.45) is 0 Å². The molecule has 0 bridgehead atoms. The van der Waals surface area contributed by atoms with E-state index in [0.29, 0.717) is 22.6 Å². The molecule has 0 saturated carbocycles. The minimum absolute atomic E-state index is 0.0994. The summed E-state index contributed by atoms with van der Waals surface area (Å²) in [4.78, 5) is 24.1. The highest BCUT2D eigenvalue weighted by atomic mass is 16.5. The fourth-order valence-electron chi connectivity index (χ4n) is 2.31. The number of hydrogen-bond donors (Lipinski definition) is 2. The number of amides is 2. The first kappa shape index (κ1) is 15.6. The van der Waals surface area contributed by atoms with Gasteiger partial charge in [-0.1, -0.05) is 30.9 Å². The number of rotatable bonds is 5. The molecule has 2 rings (SSSR count). The molecule has 2 N–H and O–H groups in total. The number of urea groups is 1. The molecule has 6 heteroatoms. The zero-order valence-corrected chi connectivity index (χ0v) is 12.5. The molecular formula is C16H18N2O4. The van der Waals surface area contributed by atoms with Gasteiger partial charge in [0, 0.05) is 11.3 Å². The van der Waals surface area contributed by atoms with Gasteiger partial charge < -0.3 is 20.1 Å². The van der Waals surface area contributed by atoms with Crippen molar-refractivity contribution in [1.82, 2.24) is 10.6 Å². The zero-order chi connectivity index (χ0) is 16.1. The fourth-order valence-corrected chi connectivity index (χ4v) is 2.31. The van der Waals surface area contributed by atoms with E-state index in [1.807, 2.05) is 12.1 Å². The minimum atomic E-state index is -0.637. The number of para-hydroxylation sites is 1. The topological polar surface area (TPSA) is 76.7 Å². The summed E-state index contributed by atoms with van der Waals surface area (Å²) in [6.45, 7) is 5.27. The van der Waals surface area contributed by atoms with Crippen LogP contribution in [-0.4, -0.2) is 25.7 Å². The molecule has 0 aromatic heterocycles. The molecule has 0 saturated heterocycles. The van der Waals surface area contributed by atoms with Crippen LogP contribution in [0.4, 0.5) is 4.79 Å². The second-order valence-corrected chi connectivity index (χ2v) is 4.70. The van der Waals surface area contributed by atoms with E-state index in [0.717, 1.165) is 0 Å². The maximum Gasteiger partial charge on any atom is 0.338 e. The summed E-state index contributed by atoms with van der Waals surface area (Å²) in [6, 6.07) is 6.18. The third-order valence-electron chi connectivity index (χ3n) is 3.27.